The maximum Gasteiger partial charge on any atom is 0.420 e. The number of benzene rings is 1. The molecule has 0 spiro atoms. The van der Waals surface area contributed by atoms with Crippen LogP contribution in [0.3, 0.4) is 0 Å². The fourth-order valence-corrected chi connectivity index (χ4v) is 3.17. The van der Waals surface area contributed by atoms with Crippen molar-refractivity contribution >= 4 is 28.1 Å². The van der Waals surface area contributed by atoms with Crippen molar-refractivity contribution in [2.75, 3.05) is 0 Å². The van der Waals surface area contributed by atoms with Gasteiger partial charge in [0.1, 0.15) is 5.60 Å². The molecule has 2 heterocycles. The van der Waals surface area contributed by atoms with E-state index in [2.05, 4.69) is 15.9 Å². The highest BCUT2D eigenvalue weighted by atomic mass is 79.9. The van der Waals surface area contributed by atoms with Crippen molar-refractivity contribution in [2.24, 2.45) is 0 Å². The average molecular weight is 428 g/mol. The largest absolute Gasteiger partial charge is 0.443 e. The van der Waals surface area contributed by atoms with Crippen LogP contribution in [0, 0.1) is 0 Å². The molecule has 0 aliphatic carbocycles. The minimum Gasteiger partial charge on any atom is -0.443 e. The quantitative estimate of drug-likeness (QED) is 0.729. The third kappa shape index (κ3) is 4.19. The summed E-state index contributed by atoms with van der Waals surface area (Å²) in [5.74, 6) is 0. The third-order valence-corrected chi connectivity index (χ3v) is 4.54. The highest BCUT2D eigenvalue weighted by Crippen LogP contribution is 2.33. The highest BCUT2D eigenvalue weighted by molar-refractivity contribution is 9.10. The maximum absolute atomic E-state index is 12.6. The molecule has 1 aromatic rings. The van der Waals surface area contributed by atoms with Crippen LogP contribution in [0.15, 0.2) is 28.7 Å². The summed E-state index contributed by atoms with van der Waals surface area (Å²) in [6.45, 7) is 6.98. The van der Waals surface area contributed by atoms with Gasteiger partial charge < -0.3 is 18.9 Å². The fraction of sp³-hybridized carbons (Fsp3) is 0.556. The number of cyclic esters (lactones) is 1. The molecule has 2 atom stereocenters. The van der Waals surface area contributed by atoms with E-state index in [9.17, 15) is 9.59 Å². The van der Waals surface area contributed by atoms with Gasteiger partial charge in [0.2, 0.25) is 6.29 Å². The zero-order valence-corrected chi connectivity index (χ0v) is 16.7. The second kappa shape index (κ2) is 7.17. The fourth-order valence-electron chi connectivity index (χ4n) is 2.90. The van der Waals surface area contributed by atoms with Gasteiger partial charge in [-0.25, -0.2) is 14.5 Å². The van der Waals surface area contributed by atoms with E-state index in [1.165, 1.54) is 0 Å². The number of halogens is 1. The molecule has 0 saturated carbocycles. The number of hydrogen-bond donors (Lipinski definition) is 0. The van der Waals surface area contributed by atoms with Gasteiger partial charge in [0.05, 0.1) is 6.04 Å². The van der Waals surface area contributed by atoms with E-state index in [4.69, 9.17) is 18.9 Å². The molecule has 8 heteroatoms. The van der Waals surface area contributed by atoms with E-state index in [0.29, 0.717) is 6.42 Å². The average Bonchev–Trinajstić information content (AvgIpc) is 2.81. The van der Waals surface area contributed by atoms with Gasteiger partial charge in [0.15, 0.2) is 12.4 Å². The Morgan fingerprint density at radius 1 is 1.23 bits per heavy atom. The number of rotatable bonds is 3. The van der Waals surface area contributed by atoms with Crippen molar-refractivity contribution in [1.82, 2.24) is 4.90 Å². The van der Waals surface area contributed by atoms with Crippen LogP contribution in [0.5, 0.6) is 0 Å². The van der Waals surface area contributed by atoms with Crippen LogP contribution in [-0.4, -0.2) is 47.4 Å². The Bertz CT molecular complexity index is 680. The van der Waals surface area contributed by atoms with Crippen molar-refractivity contribution in [2.45, 2.75) is 64.4 Å². The number of ether oxygens (including phenoxy) is 4. The normalized spacial score (nSPS) is 28.5. The molecule has 142 valence electrons. The van der Waals surface area contributed by atoms with Gasteiger partial charge in [-0.15, -0.1) is 0 Å². The molecule has 2 saturated heterocycles. The van der Waals surface area contributed by atoms with Gasteiger partial charge >= 0.3 is 12.2 Å². The molecule has 7 nitrogen and oxygen atoms in total. The molecule has 0 N–H and O–H groups in total. The highest BCUT2D eigenvalue weighted by Gasteiger charge is 2.53. The van der Waals surface area contributed by atoms with E-state index in [0.717, 1.165) is 14.9 Å². The molecule has 0 bridgehead atoms. The van der Waals surface area contributed by atoms with Crippen molar-refractivity contribution in [3.63, 3.8) is 0 Å². The summed E-state index contributed by atoms with van der Waals surface area (Å²) in [5, 5.41) is 0. The molecule has 0 radical (unpaired) electrons. The van der Waals surface area contributed by atoms with Crippen LogP contribution in [0.4, 0.5) is 9.59 Å². The van der Waals surface area contributed by atoms with Gasteiger partial charge in [-0.1, -0.05) is 28.1 Å². The summed E-state index contributed by atoms with van der Waals surface area (Å²) in [7, 11) is 0. The first-order valence-corrected chi connectivity index (χ1v) is 9.21. The van der Waals surface area contributed by atoms with Gasteiger partial charge in [0, 0.05) is 4.47 Å². The summed E-state index contributed by atoms with van der Waals surface area (Å²) in [6, 6.07) is 7.05. The summed E-state index contributed by atoms with van der Waals surface area (Å²) in [4.78, 5) is 26.0. The molecule has 2 amide bonds. The lowest BCUT2D eigenvalue weighted by atomic mass is 10.00. The molecular formula is C18H22BrNO6. The van der Waals surface area contributed by atoms with Gasteiger partial charge in [0.25, 0.3) is 0 Å². The number of carbonyl (C=O) groups is 2. The third-order valence-electron chi connectivity index (χ3n) is 4.01. The predicted molar refractivity (Wildman–Crippen MR) is 95.4 cm³/mol. The van der Waals surface area contributed by atoms with Crippen LogP contribution >= 0.6 is 15.9 Å². The van der Waals surface area contributed by atoms with Crippen molar-refractivity contribution < 1.29 is 28.5 Å². The minimum absolute atomic E-state index is 0.359. The van der Waals surface area contributed by atoms with E-state index in [1.54, 1.807) is 27.7 Å². The Labute approximate surface area is 160 Å². The molecule has 1 aromatic carbocycles. The topological polar surface area (TPSA) is 74.3 Å². The molecular weight excluding hydrogens is 406 g/mol. The Kier molecular flexibility index (Phi) is 5.28. The number of carbonyl (C=O) groups excluding carboxylic acids is 2. The van der Waals surface area contributed by atoms with Crippen molar-refractivity contribution in [1.29, 1.82) is 0 Å². The molecule has 26 heavy (non-hydrogen) atoms. The lowest BCUT2D eigenvalue weighted by Gasteiger charge is -2.38. The van der Waals surface area contributed by atoms with Crippen molar-refractivity contribution in [3.05, 3.63) is 34.3 Å². The Balaban J connectivity index is 1.83. The van der Waals surface area contributed by atoms with E-state index < -0.39 is 36.2 Å². The van der Waals surface area contributed by atoms with Crippen LogP contribution < -0.4 is 0 Å². The lowest BCUT2D eigenvalue weighted by molar-refractivity contribution is -0.397. The van der Waals surface area contributed by atoms with Crippen LogP contribution in [-0.2, 0) is 25.4 Å². The lowest BCUT2D eigenvalue weighted by Crippen LogP contribution is -2.53. The van der Waals surface area contributed by atoms with Gasteiger partial charge in [-0.3, -0.25) is 0 Å². The monoisotopic (exact) mass is 427 g/mol. The number of nitrogens with zero attached hydrogens (tertiary/aromatic N) is 1. The van der Waals surface area contributed by atoms with E-state index >= 15 is 0 Å². The Hall–Kier alpha value is -1.64. The first kappa shape index (κ1) is 19.1. The molecule has 2 aliphatic heterocycles. The van der Waals surface area contributed by atoms with Crippen LogP contribution in [0.1, 0.15) is 33.3 Å². The van der Waals surface area contributed by atoms with E-state index in [1.807, 2.05) is 24.3 Å². The number of amides is 2. The zero-order chi connectivity index (χ0) is 19.1. The standard InChI is InChI=1S/C18H22BrNO6/c1-10-23-15(24-10)14-13(9-11-5-7-12(19)8-6-11)20(16(21)25-14)17(22)26-18(2,3)4/h5-8,10,13-15H,9H2,1-4H3/t10?,13-,14+,15?/m1/s1. The smallest absolute Gasteiger partial charge is 0.420 e. The van der Waals surface area contributed by atoms with Crippen molar-refractivity contribution in [3.8, 4) is 0 Å². The number of hydrogen-bond acceptors (Lipinski definition) is 6. The SMILES string of the molecule is CC1OC([C@H]2OC(=O)N(C(=O)OC(C)(C)C)[C@@H]2Cc2ccc(Br)cc2)O1. The molecule has 2 aliphatic rings. The molecule has 0 unspecified atom stereocenters. The predicted octanol–water partition coefficient (Wildman–Crippen LogP) is 3.84. The first-order valence-electron chi connectivity index (χ1n) is 8.42. The second-order valence-electron chi connectivity index (χ2n) is 7.30. The maximum atomic E-state index is 12.6. The van der Waals surface area contributed by atoms with E-state index in [-0.39, 0.29) is 6.29 Å². The minimum atomic E-state index is -0.752. The zero-order valence-electron chi connectivity index (χ0n) is 15.1. The molecule has 3 rings (SSSR count). The van der Waals surface area contributed by atoms with Crippen LogP contribution in [0.2, 0.25) is 0 Å². The summed E-state index contributed by atoms with van der Waals surface area (Å²) in [6.07, 6.45) is -2.85. The first-order chi connectivity index (χ1) is 12.1. The molecule has 0 aromatic heterocycles. The second-order valence-corrected chi connectivity index (χ2v) is 8.22. The number of imide groups is 1. The van der Waals surface area contributed by atoms with Gasteiger partial charge in [-0.2, -0.15) is 0 Å². The van der Waals surface area contributed by atoms with Gasteiger partial charge in [-0.05, 0) is 51.8 Å². The molecule has 2 fully saturated rings. The Morgan fingerprint density at radius 3 is 2.38 bits per heavy atom. The summed E-state index contributed by atoms with van der Waals surface area (Å²) < 4.78 is 22.7. The summed E-state index contributed by atoms with van der Waals surface area (Å²) >= 11 is 3.39. The summed E-state index contributed by atoms with van der Waals surface area (Å²) in [5.41, 5.74) is 0.220. The Morgan fingerprint density at radius 2 is 1.85 bits per heavy atom. The van der Waals surface area contributed by atoms with Crippen LogP contribution in [0.25, 0.3) is 0 Å².